The lowest BCUT2D eigenvalue weighted by Gasteiger charge is -2.30. The first-order chi connectivity index (χ1) is 15.5. The highest BCUT2D eigenvalue weighted by molar-refractivity contribution is 5.92. The fourth-order valence-corrected chi connectivity index (χ4v) is 3.94. The first kappa shape index (κ1) is 21.8. The molecule has 0 spiro atoms. The number of nitrogens with zero attached hydrogens (tertiary/aromatic N) is 3. The summed E-state index contributed by atoms with van der Waals surface area (Å²) in [6, 6.07) is 17.6. The largest absolute Gasteiger partial charge is 0.483 e. The van der Waals surface area contributed by atoms with Crippen molar-refractivity contribution in [3.05, 3.63) is 65.7 Å². The zero-order valence-electron chi connectivity index (χ0n) is 19.0. The van der Waals surface area contributed by atoms with Crippen LogP contribution in [0.4, 0.5) is 11.5 Å². The Balaban J connectivity index is 1.37. The van der Waals surface area contributed by atoms with Crippen molar-refractivity contribution in [2.45, 2.75) is 33.6 Å². The number of amides is 1. The lowest BCUT2D eigenvalue weighted by Crippen LogP contribution is -2.33. The van der Waals surface area contributed by atoms with E-state index in [1.165, 1.54) is 12.8 Å². The van der Waals surface area contributed by atoms with Crippen LogP contribution in [0.3, 0.4) is 0 Å². The van der Waals surface area contributed by atoms with Gasteiger partial charge in [-0.15, -0.1) is 10.2 Å². The van der Waals surface area contributed by atoms with Crippen LogP contribution < -0.4 is 15.0 Å². The van der Waals surface area contributed by atoms with Crippen molar-refractivity contribution in [1.82, 2.24) is 10.2 Å². The van der Waals surface area contributed by atoms with Gasteiger partial charge in [0.25, 0.3) is 5.91 Å². The second-order valence-electron chi connectivity index (χ2n) is 8.63. The van der Waals surface area contributed by atoms with Crippen molar-refractivity contribution >= 4 is 17.4 Å². The topological polar surface area (TPSA) is 67.3 Å². The van der Waals surface area contributed by atoms with Crippen LogP contribution in [0.15, 0.2) is 54.6 Å². The summed E-state index contributed by atoms with van der Waals surface area (Å²) in [5, 5.41) is 11.8. The van der Waals surface area contributed by atoms with Gasteiger partial charge in [0.05, 0.1) is 5.69 Å². The summed E-state index contributed by atoms with van der Waals surface area (Å²) in [4.78, 5) is 14.7. The van der Waals surface area contributed by atoms with Gasteiger partial charge in [-0.25, -0.2) is 0 Å². The summed E-state index contributed by atoms with van der Waals surface area (Å²) in [5.41, 5.74) is 4.57. The number of aryl methyl sites for hydroxylation is 2. The Bertz CT molecular complexity index is 1070. The molecule has 32 heavy (non-hydrogen) atoms. The summed E-state index contributed by atoms with van der Waals surface area (Å²) >= 11 is 0. The molecular formula is C26H30N4O2. The molecule has 2 aromatic carbocycles. The zero-order chi connectivity index (χ0) is 22.5. The number of hydrogen-bond acceptors (Lipinski definition) is 5. The van der Waals surface area contributed by atoms with Crippen LogP contribution in [0, 0.1) is 19.8 Å². The molecule has 2 heterocycles. The van der Waals surface area contributed by atoms with E-state index in [1.54, 1.807) is 0 Å². The van der Waals surface area contributed by atoms with E-state index in [0.717, 1.165) is 53.0 Å². The van der Waals surface area contributed by atoms with E-state index in [0.29, 0.717) is 5.69 Å². The molecule has 0 bridgehead atoms. The molecule has 1 aliphatic rings. The summed E-state index contributed by atoms with van der Waals surface area (Å²) in [7, 11) is 0. The molecule has 1 fully saturated rings. The number of anilines is 2. The van der Waals surface area contributed by atoms with Crippen molar-refractivity contribution in [1.29, 1.82) is 0 Å². The maximum absolute atomic E-state index is 12.4. The molecular weight excluding hydrogens is 400 g/mol. The highest BCUT2D eigenvalue weighted by atomic mass is 16.5. The second-order valence-corrected chi connectivity index (χ2v) is 8.63. The second kappa shape index (κ2) is 9.81. The fourth-order valence-electron chi connectivity index (χ4n) is 3.94. The Hall–Kier alpha value is -3.41. The SMILES string of the molecule is Cc1ccc(OCC(=O)Nc2cccc(-c3ccc(N4CCC(C)CC4)nn3)c2)c(C)c1. The van der Waals surface area contributed by atoms with Crippen LogP contribution >= 0.6 is 0 Å². The number of ether oxygens (including phenoxy) is 1. The third-order valence-corrected chi connectivity index (χ3v) is 5.89. The molecule has 0 saturated carbocycles. The monoisotopic (exact) mass is 430 g/mol. The quantitative estimate of drug-likeness (QED) is 0.595. The predicted molar refractivity (Wildman–Crippen MR) is 128 cm³/mol. The number of nitrogens with one attached hydrogen (secondary N) is 1. The number of hydrogen-bond donors (Lipinski definition) is 1. The van der Waals surface area contributed by atoms with E-state index >= 15 is 0 Å². The van der Waals surface area contributed by atoms with Gasteiger partial charge in [-0.1, -0.05) is 36.8 Å². The first-order valence-electron chi connectivity index (χ1n) is 11.2. The minimum absolute atomic E-state index is 0.0446. The predicted octanol–water partition coefficient (Wildman–Crippen LogP) is 5.01. The van der Waals surface area contributed by atoms with Gasteiger partial charge in [0, 0.05) is 24.3 Å². The highest BCUT2D eigenvalue weighted by Gasteiger charge is 2.17. The summed E-state index contributed by atoms with van der Waals surface area (Å²) in [6.45, 7) is 8.32. The van der Waals surface area contributed by atoms with Crippen LogP contribution in [0.1, 0.15) is 30.9 Å². The van der Waals surface area contributed by atoms with E-state index in [4.69, 9.17) is 4.74 Å². The van der Waals surface area contributed by atoms with Gasteiger partial charge in [-0.3, -0.25) is 4.79 Å². The van der Waals surface area contributed by atoms with E-state index in [2.05, 4.69) is 27.3 Å². The number of carbonyl (C=O) groups is 1. The molecule has 1 aliphatic heterocycles. The summed E-state index contributed by atoms with van der Waals surface area (Å²) in [5.74, 6) is 2.22. The van der Waals surface area contributed by atoms with Crippen molar-refractivity contribution in [2.24, 2.45) is 5.92 Å². The zero-order valence-corrected chi connectivity index (χ0v) is 19.0. The van der Waals surface area contributed by atoms with Gasteiger partial charge in [-0.05, 0) is 68.5 Å². The van der Waals surface area contributed by atoms with Gasteiger partial charge >= 0.3 is 0 Å². The average Bonchev–Trinajstić information content (AvgIpc) is 2.79. The minimum atomic E-state index is -0.206. The van der Waals surface area contributed by atoms with Gasteiger partial charge in [-0.2, -0.15) is 0 Å². The van der Waals surface area contributed by atoms with Crippen molar-refractivity contribution in [3.8, 4) is 17.0 Å². The number of benzene rings is 2. The normalized spacial score (nSPS) is 14.3. The summed E-state index contributed by atoms with van der Waals surface area (Å²) in [6.07, 6.45) is 2.39. The van der Waals surface area contributed by atoms with Crippen molar-refractivity contribution < 1.29 is 9.53 Å². The standard InChI is InChI=1S/C26H30N4O2/c1-18-11-13-30(14-12-18)25-10-8-23(28-29-25)21-5-4-6-22(16-21)27-26(31)17-32-24-9-7-19(2)15-20(24)3/h4-10,15-16,18H,11-14,17H2,1-3H3,(H,27,31). The smallest absolute Gasteiger partial charge is 0.262 e. The average molecular weight is 431 g/mol. The third-order valence-electron chi connectivity index (χ3n) is 5.89. The first-order valence-corrected chi connectivity index (χ1v) is 11.2. The number of carbonyl (C=O) groups excluding carboxylic acids is 1. The Morgan fingerprint density at radius 2 is 1.88 bits per heavy atom. The number of aromatic nitrogens is 2. The Kier molecular flexibility index (Phi) is 6.69. The molecule has 1 aromatic heterocycles. The van der Waals surface area contributed by atoms with Crippen LogP contribution in [0.25, 0.3) is 11.3 Å². The molecule has 3 aromatic rings. The van der Waals surface area contributed by atoms with Gasteiger partial charge in [0.2, 0.25) is 0 Å². The molecule has 0 aliphatic carbocycles. The van der Waals surface area contributed by atoms with Crippen LogP contribution in [-0.2, 0) is 4.79 Å². The van der Waals surface area contributed by atoms with E-state index in [1.807, 2.05) is 68.4 Å². The number of piperidine rings is 1. The van der Waals surface area contributed by atoms with Crippen LogP contribution in [0.5, 0.6) is 5.75 Å². The summed E-state index contributed by atoms with van der Waals surface area (Å²) < 4.78 is 5.68. The molecule has 166 valence electrons. The third kappa shape index (κ3) is 5.44. The van der Waals surface area contributed by atoms with E-state index in [-0.39, 0.29) is 12.5 Å². The number of rotatable bonds is 6. The Labute approximate surface area is 189 Å². The van der Waals surface area contributed by atoms with Gasteiger partial charge in [0.1, 0.15) is 5.75 Å². The maximum atomic E-state index is 12.4. The van der Waals surface area contributed by atoms with Crippen molar-refractivity contribution in [3.63, 3.8) is 0 Å². The molecule has 0 unspecified atom stereocenters. The minimum Gasteiger partial charge on any atom is -0.483 e. The van der Waals surface area contributed by atoms with E-state index < -0.39 is 0 Å². The molecule has 0 atom stereocenters. The molecule has 4 rings (SSSR count). The molecule has 1 N–H and O–H groups in total. The Morgan fingerprint density at radius 1 is 1.06 bits per heavy atom. The van der Waals surface area contributed by atoms with Crippen LogP contribution in [0.2, 0.25) is 0 Å². The lowest BCUT2D eigenvalue weighted by atomic mass is 9.99. The lowest BCUT2D eigenvalue weighted by molar-refractivity contribution is -0.118. The molecule has 6 nitrogen and oxygen atoms in total. The molecule has 1 amide bonds. The molecule has 6 heteroatoms. The highest BCUT2D eigenvalue weighted by Crippen LogP contribution is 2.24. The van der Waals surface area contributed by atoms with E-state index in [9.17, 15) is 4.79 Å². The fraction of sp³-hybridized carbons (Fsp3) is 0.346. The van der Waals surface area contributed by atoms with Crippen LogP contribution in [-0.4, -0.2) is 35.8 Å². The van der Waals surface area contributed by atoms with Crippen molar-refractivity contribution in [2.75, 3.05) is 29.9 Å². The maximum Gasteiger partial charge on any atom is 0.262 e. The van der Waals surface area contributed by atoms with Gasteiger partial charge < -0.3 is 15.0 Å². The van der Waals surface area contributed by atoms with Gasteiger partial charge in [0.15, 0.2) is 12.4 Å². The molecule has 0 radical (unpaired) electrons. The molecule has 1 saturated heterocycles. The Morgan fingerprint density at radius 3 is 2.59 bits per heavy atom.